The number of nitrogens with zero attached hydrogens (tertiary/aromatic N) is 1. The molecule has 6 heteroatoms. The van der Waals surface area contributed by atoms with Crippen LogP contribution < -0.4 is 10.1 Å². The van der Waals surface area contributed by atoms with Gasteiger partial charge in [-0.3, -0.25) is 4.79 Å². The first kappa shape index (κ1) is 16.5. The van der Waals surface area contributed by atoms with Gasteiger partial charge >= 0.3 is 0 Å². The summed E-state index contributed by atoms with van der Waals surface area (Å²) >= 11 is 0. The molecule has 4 aliphatic rings. The van der Waals surface area contributed by atoms with Gasteiger partial charge in [0.05, 0.1) is 19.1 Å². The van der Waals surface area contributed by atoms with Crippen molar-refractivity contribution < 1.29 is 19.4 Å². The number of carbonyl (C=O) groups is 1. The number of ether oxygens (including phenoxy) is 2. The van der Waals surface area contributed by atoms with Gasteiger partial charge in [0, 0.05) is 17.7 Å². The minimum atomic E-state index is -1.41. The van der Waals surface area contributed by atoms with E-state index >= 15 is 0 Å². The van der Waals surface area contributed by atoms with Crippen LogP contribution in [0, 0.1) is 11.8 Å². The molecule has 1 aliphatic carbocycles. The number of aliphatic hydroxyl groups is 1. The Hall–Kier alpha value is -1.63. The number of Topliss-reactive ketones (excluding diaryl/α,β-unsaturated/α-hetero) is 1. The van der Waals surface area contributed by atoms with Gasteiger partial charge in [-0.25, -0.2) is 0 Å². The van der Waals surface area contributed by atoms with E-state index in [9.17, 15) is 9.90 Å². The van der Waals surface area contributed by atoms with Gasteiger partial charge in [-0.2, -0.15) is 0 Å². The van der Waals surface area contributed by atoms with E-state index in [0.29, 0.717) is 12.2 Å². The summed E-state index contributed by atoms with van der Waals surface area (Å²) in [4.78, 5) is 16.2. The maximum Gasteiger partial charge on any atom is 0.179 e. The summed E-state index contributed by atoms with van der Waals surface area (Å²) in [6, 6.07) is 5.70. The zero-order valence-corrected chi connectivity index (χ0v) is 15.5. The first-order valence-electron chi connectivity index (χ1n) is 9.50. The van der Waals surface area contributed by atoms with Crippen LogP contribution in [0.25, 0.3) is 0 Å². The number of fused-ring (bicyclic) bond motifs is 2. The van der Waals surface area contributed by atoms with Gasteiger partial charge in [0.1, 0.15) is 17.3 Å². The molecule has 1 spiro atoms. The van der Waals surface area contributed by atoms with Gasteiger partial charge in [0.2, 0.25) is 0 Å². The summed E-state index contributed by atoms with van der Waals surface area (Å²) in [7, 11) is 3.71. The predicted molar refractivity (Wildman–Crippen MR) is 96.3 cm³/mol. The number of hydrogen-bond donors (Lipinski definition) is 2. The van der Waals surface area contributed by atoms with E-state index in [0.717, 1.165) is 30.8 Å². The summed E-state index contributed by atoms with van der Waals surface area (Å²) in [5, 5.41) is 15.3. The summed E-state index contributed by atoms with van der Waals surface area (Å²) in [6.07, 6.45) is 0.906. The molecular formula is C20H26N2O4. The number of ketones is 1. The molecule has 1 saturated carbocycles. The van der Waals surface area contributed by atoms with Crippen molar-refractivity contribution in [2.75, 3.05) is 32.6 Å². The van der Waals surface area contributed by atoms with Crippen LogP contribution in [0.5, 0.6) is 5.75 Å². The monoisotopic (exact) mass is 358 g/mol. The van der Waals surface area contributed by atoms with Crippen LogP contribution in [0.4, 0.5) is 5.69 Å². The van der Waals surface area contributed by atoms with Crippen molar-refractivity contribution >= 4 is 11.5 Å². The van der Waals surface area contributed by atoms with Crippen LogP contribution >= 0.6 is 0 Å². The molecule has 1 aromatic rings. The predicted octanol–water partition coefficient (Wildman–Crippen LogP) is 1.38. The third kappa shape index (κ3) is 1.75. The van der Waals surface area contributed by atoms with Crippen molar-refractivity contribution in [3.8, 4) is 5.75 Å². The SMILES string of the molecule is COc1ccc2c(c1)NC1(O)C3OC(C)C4C(=O)C21CCN(C)CCC43. The average Bonchev–Trinajstić information content (AvgIpc) is 3.09. The molecule has 2 N–H and O–H groups in total. The Bertz CT molecular complexity index is 783. The highest BCUT2D eigenvalue weighted by Crippen LogP contribution is 2.62. The highest BCUT2D eigenvalue weighted by Gasteiger charge is 2.75. The Morgan fingerprint density at radius 2 is 2.19 bits per heavy atom. The lowest BCUT2D eigenvalue weighted by molar-refractivity contribution is -0.161. The number of benzene rings is 1. The maximum absolute atomic E-state index is 13.9. The van der Waals surface area contributed by atoms with Crippen molar-refractivity contribution in [1.29, 1.82) is 0 Å². The standard InChI is InChI=1S/C20H26N2O4/c1-11-16-13-6-8-22(2)9-7-19(17(16)23)14-5-4-12(25-3)10-15(14)21-20(19,24)18(13)26-11/h4-5,10-11,13,16,18,21,24H,6-9H2,1-3H3. The Morgan fingerprint density at radius 3 is 2.96 bits per heavy atom. The van der Waals surface area contributed by atoms with Gasteiger partial charge in [-0.05, 0) is 51.5 Å². The number of anilines is 1. The summed E-state index contributed by atoms with van der Waals surface area (Å²) < 4.78 is 11.6. The number of nitrogens with one attached hydrogen (secondary N) is 1. The fraction of sp³-hybridized carbons (Fsp3) is 0.650. The van der Waals surface area contributed by atoms with Crippen LogP contribution in [0.2, 0.25) is 0 Å². The topological polar surface area (TPSA) is 71.0 Å². The highest BCUT2D eigenvalue weighted by atomic mass is 16.5. The second-order valence-corrected chi connectivity index (χ2v) is 8.37. The third-order valence-corrected chi connectivity index (χ3v) is 7.23. The van der Waals surface area contributed by atoms with E-state index in [-0.39, 0.29) is 29.8 Å². The van der Waals surface area contributed by atoms with E-state index < -0.39 is 11.1 Å². The van der Waals surface area contributed by atoms with Gasteiger partial charge in [0.25, 0.3) is 0 Å². The first-order valence-corrected chi connectivity index (χ1v) is 9.50. The minimum absolute atomic E-state index is 0.0416. The summed E-state index contributed by atoms with van der Waals surface area (Å²) in [6.45, 7) is 3.66. The van der Waals surface area contributed by atoms with Gasteiger partial charge in [-0.1, -0.05) is 6.07 Å². The molecule has 5 rings (SSSR count). The number of methoxy groups -OCH3 is 1. The molecule has 26 heavy (non-hydrogen) atoms. The van der Waals surface area contributed by atoms with Crippen LogP contribution in [0.15, 0.2) is 18.2 Å². The minimum Gasteiger partial charge on any atom is -0.497 e. The summed E-state index contributed by atoms with van der Waals surface area (Å²) in [5.74, 6) is 0.737. The second kappa shape index (κ2) is 5.21. The molecule has 3 heterocycles. The zero-order valence-electron chi connectivity index (χ0n) is 15.5. The molecular weight excluding hydrogens is 332 g/mol. The molecule has 0 amide bonds. The molecule has 2 saturated heterocycles. The van der Waals surface area contributed by atoms with Gasteiger partial charge in [-0.15, -0.1) is 0 Å². The lowest BCUT2D eigenvalue weighted by atomic mass is 9.56. The zero-order chi connectivity index (χ0) is 18.3. The fourth-order valence-electron chi connectivity index (χ4n) is 5.95. The Morgan fingerprint density at radius 1 is 1.38 bits per heavy atom. The number of carbonyl (C=O) groups excluding carboxylic acids is 1. The lowest BCUT2D eigenvalue weighted by Crippen LogP contribution is -2.69. The number of hydrogen-bond acceptors (Lipinski definition) is 6. The average molecular weight is 358 g/mol. The van der Waals surface area contributed by atoms with Gasteiger partial charge < -0.3 is 24.8 Å². The Balaban J connectivity index is 1.76. The van der Waals surface area contributed by atoms with Crippen LogP contribution in [-0.2, 0) is 14.9 Å². The van der Waals surface area contributed by atoms with E-state index in [1.807, 2.05) is 25.1 Å². The van der Waals surface area contributed by atoms with Crippen molar-refractivity contribution in [2.45, 2.75) is 43.1 Å². The van der Waals surface area contributed by atoms with Crippen LogP contribution in [0.3, 0.4) is 0 Å². The molecule has 4 bridgehead atoms. The van der Waals surface area contributed by atoms with Crippen LogP contribution in [-0.4, -0.2) is 61.0 Å². The van der Waals surface area contributed by atoms with Crippen LogP contribution in [0.1, 0.15) is 25.3 Å². The second-order valence-electron chi connectivity index (χ2n) is 8.37. The molecule has 6 nitrogen and oxygen atoms in total. The van der Waals surface area contributed by atoms with E-state index in [1.54, 1.807) is 7.11 Å². The van der Waals surface area contributed by atoms with E-state index in [1.165, 1.54) is 0 Å². The molecule has 3 aliphatic heterocycles. The quantitative estimate of drug-likeness (QED) is 0.790. The molecule has 6 unspecified atom stereocenters. The molecule has 3 fully saturated rings. The normalized spacial score (nSPS) is 43.9. The molecule has 140 valence electrons. The lowest BCUT2D eigenvalue weighted by Gasteiger charge is -2.49. The van der Waals surface area contributed by atoms with E-state index in [4.69, 9.17) is 9.47 Å². The largest absolute Gasteiger partial charge is 0.497 e. The molecule has 6 atom stereocenters. The molecule has 0 aromatic heterocycles. The maximum atomic E-state index is 13.9. The molecule has 1 aromatic carbocycles. The van der Waals surface area contributed by atoms with Crippen molar-refractivity contribution in [3.63, 3.8) is 0 Å². The fourth-order valence-corrected chi connectivity index (χ4v) is 5.95. The summed E-state index contributed by atoms with van der Waals surface area (Å²) in [5.41, 5.74) is -0.710. The van der Waals surface area contributed by atoms with Crippen molar-refractivity contribution in [3.05, 3.63) is 23.8 Å². The van der Waals surface area contributed by atoms with Crippen molar-refractivity contribution in [1.82, 2.24) is 4.90 Å². The van der Waals surface area contributed by atoms with Crippen molar-refractivity contribution in [2.24, 2.45) is 11.8 Å². The first-order chi connectivity index (χ1) is 12.4. The smallest absolute Gasteiger partial charge is 0.179 e. The Kier molecular flexibility index (Phi) is 3.31. The highest BCUT2D eigenvalue weighted by molar-refractivity contribution is 6.00. The Labute approximate surface area is 153 Å². The molecule has 0 radical (unpaired) electrons. The third-order valence-electron chi connectivity index (χ3n) is 7.23. The number of rotatable bonds is 1. The van der Waals surface area contributed by atoms with Gasteiger partial charge in [0.15, 0.2) is 11.5 Å². The van der Waals surface area contributed by atoms with E-state index in [2.05, 4.69) is 17.3 Å².